The fourth-order valence-corrected chi connectivity index (χ4v) is 7.79. The van der Waals surface area contributed by atoms with Crippen LogP contribution in [0.5, 0.6) is 0 Å². The third-order valence-corrected chi connectivity index (χ3v) is 10.4. The van der Waals surface area contributed by atoms with Gasteiger partial charge in [0.15, 0.2) is 11.8 Å². The summed E-state index contributed by atoms with van der Waals surface area (Å²) in [5.41, 5.74) is -0.318. The van der Waals surface area contributed by atoms with Crippen LogP contribution >= 0.6 is 22.6 Å². The minimum absolute atomic E-state index is 0.0431. The van der Waals surface area contributed by atoms with Gasteiger partial charge in [0.2, 0.25) is 11.8 Å². The Labute approximate surface area is 273 Å². The van der Waals surface area contributed by atoms with E-state index in [0.29, 0.717) is 0 Å². The van der Waals surface area contributed by atoms with Crippen LogP contribution in [0.15, 0.2) is 24.3 Å². The van der Waals surface area contributed by atoms with E-state index in [-0.39, 0.29) is 50.9 Å². The van der Waals surface area contributed by atoms with Crippen molar-refractivity contribution in [1.82, 2.24) is 15.7 Å². The first-order valence-electron chi connectivity index (χ1n) is 16.2. The molecule has 6 atom stereocenters. The zero-order valence-corrected chi connectivity index (χ0v) is 27.9. The number of hydrogen-bond acceptors (Lipinski definition) is 9. The Morgan fingerprint density at radius 3 is 2.41 bits per heavy atom. The summed E-state index contributed by atoms with van der Waals surface area (Å²) in [5, 5.41) is 16.1. The molecular formula is C32H46IN3O8. The van der Waals surface area contributed by atoms with Gasteiger partial charge in [0.05, 0.1) is 13.2 Å². The molecule has 44 heavy (non-hydrogen) atoms. The number of amides is 2. The second-order valence-electron chi connectivity index (χ2n) is 12.4. The van der Waals surface area contributed by atoms with E-state index in [0.717, 1.165) is 60.5 Å². The summed E-state index contributed by atoms with van der Waals surface area (Å²) in [7, 11) is 0. The van der Waals surface area contributed by atoms with E-state index in [2.05, 4.69) is 47.1 Å². The molecule has 4 aliphatic rings. The number of benzene rings is 1. The lowest BCUT2D eigenvalue weighted by atomic mass is 9.62. The summed E-state index contributed by atoms with van der Waals surface area (Å²) in [5.74, 6) is -1.97. The van der Waals surface area contributed by atoms with Crippen molar-refractivity contribution in [3.8, 4) is 0 Å². The van der Waals surface area contributed by atoms with Gasteiger partial charge in [0, 0.05) is 42.3 Å². The quantitative estimate of drug-likeness (QED) is 0.133. The summed E-state index contributed by atoms with van der Waals surface area (Å²) in [4.78, 5) is 46.9. The van der Waals surface area contributed by atoms with Crippen molar-refractivity contribution in [2.24, 2.45) is 5.41 Å². The van der Waals surface area contributed by atoms with Gasteiger partial charge >= 0.3 is 5.97 Å². The first-order chi connectivity index (χ1) is 21.3. The number of ether oxygens (including phenoxy) is 3. The van der Waals surface area contributed by atoms with Gasteiger partial charge in [0.1, 0.15) is 29.8 Å². The number of esters is 1. The first-order valence-corrected chi connectivity index (χ1v) is 17.2. The van der Waals surface area contributed by atoms with E-state index in [4.69, 9.17) is 24.2 Å². The second-order valence-corrected chi connectivity index (χ2v) is 13.5. The minimum atomic E-state index is -1.28. The SMILES string of the molecule is CCCCCC1(CCCCC)OC2C3CC4(C(=O)NCCC(=O)NCCO)C(ON(Cc5ccccc5I)C4C(=O)O3)C2O1. The van der Waals surface area contributed by atoms with Crippen molar-refractivity contribution in [2.45, 2.75) is 121 Å². The lowest BCUT2D eigenvalue weighted by Crippen LogP contribution is -2.69. The second kappa shape index (κ2) is 14.7. The normalized spacial score (nSPS) is 30.1. The number of aliphatic hydroxyl groups is 1. The summed E-state index contributed by atoms with van der Waals surface area (Å²) < 4.78 is 20.8. The molecule has 244 valence electrons. The maximum atomic E-state index is 14.3. The minimum Gasteiger partial charge on any atom is -0.458 e. The van der Waals surface area contributed by atoms with Crippen molar-refractivity contribution in [1.29, 1.82) is 0 Å². The van der Waals surface area contributed by atoms with Gasteiger partial charge in [-0.25, -0.2) is 0 Å². The van der Waals surface area contributed by atoms with Crippen molar-refractivity contribution in [2.75, 3.05) is 19.7 Å². The Bertz CT molecular complexity index is 1180. The van der Waals surface area contributed by atoms with Crippen molar-refractivity contribution >= 4 is 40.4 Å². The zero-order valence-electron chi connectivity index (χ0n) is 25.7. The number of hydroxylamine groups is 2. The van der Waals surface area contributed by atoms with E-state index < -0.39 is 47.6 Å². The van der Waals surface area contributed by atoms with Crippen LogP contribution in [0, 0.1) is 8.99 Å². The number of carbonyl (C=O) groups excluding carboxylic acids is 3. The molecule has 0 spiro atoms. The zero-order chi connectivity index (χ0) is 31.3. The van der Waals surface area contributed by atoms with Gasteiger partial charge in [0.25, 0.3) is 0 Å². The topological polar surface area (TPSA) is 136 Å². The van der Waals surface area contributed by atoms with Crippen LogP contribution in [0.1, 0.15) is 83.6 Å². The molecule has 0 aromatic heterocycles. The van der Waals surface area contributed by atoms with Crippen LogP contribution in [0.2, 0.25) is 0 Å². The highest BCUT2D eigenvalue weighted by atomic mass is 127. The number of nitrogens with one attached hydrogen (secondary N) is 2. The molecule has 1 aromatic rings. The molecule has 2 bridgehead atoms. The average molecular weight is 728 g/mol. The van der Waals surface area contributed by atoms with Gasteiger partial charge < -0.3 is 30.0 Å². The molecule has 3 N–H and O–H groups in total. The van der Waals surface area contributed by atoms with Gasteiger partial charge in [-0.3, -0.25) is 19.2 Å². The number of unbranched alkanes of at least 4 members (excludes halogenated alkanes) is 4. The predicted molar refractivity (Wildman–Crippen MR) is 169 cm³/mol. The molecular weight excluding hydrogens is 681 g/mol. The Morgan fingerprint density at radius 1 is 1.02 bits per heavy atom. The first kappa shape index (κ1) is 33.5. The maximum Gasteiger partial charge on any atom is 0.327 e. The molecule has 3 heterocycles. The van der Waals surface area contributed by atoms with Crippen molar-refractivity contribution in [3.63, 3.8) is 0 Å². The highest BCUT2D eigenvalue weighted by Crippen LogP contribution is 2.58. The van der Waals surface area contributed by atoms with Crippen LogP contribution in [0.4, 0.5) is 0 Å². The number of rotatable bonds is 16. The molecule has 2 amide bonds. The fraction of sp³-hybridized carbons (Fsp3) is 0.719. The third kappa shape index (κ3) is 6.66. The Kier molecular flexibility index (Phi) is 11.2. The van der Waals surface area contributed by atoms with Crippen LogP contribution in [-0.4, -0.2) is 83.9 Å². The molecule has 1 aromatic carbocycles. The summed E-state index contributed by atoms with van der Waals surface area (Å²) in [6.45, 7) is 4.68. The summed E-state index contributed by atoms with van der Waals surface area (Å²) in [6, 6.07) is 6.87. The lowest BCUT2D eigenvalue weighted by molar-refractivity contribution is -0.224. The lowest BCUT2D eigenvalue weighted by Gasteiger charge is -2.48. The molecule has 11 nitrogen and oxygen atoms in total. The van der Waals surface area contributed by atoms with Gasteiger partial charge in [-0.05, 0) is 47.1 Å². The van der Waals surface area contributed by atoms with Crippen LogP contribution in [-0.2, 0) is 40.0 Å². The fourth-order valence-electron chi connectivity index (χ4n) is 7.23. The predicted octanol–water partition coefficient (Wildman–Crippen LogP) is 3.35. The van der Waals surface area contributed by atoms with Gasteiger partial charge in [-0.1, -0.05) is 57.7 Å². The molecule has 1 saturated carbocycles. The summed E-state index contributed by atoms with van der Waals surface area (Å²) >= 11 is 2.26. The smallest absolute Gasteiger partial charge is 0.327 e. The van der Waals surface area contributed by atoms with Gasteiger partial charge in [-0.2, -0.15) is 5.06 Å². The van der Waals surface area contributed by atoms with Crippen LogP contribution in [0.3, 0.4) is 0 Å². The summed E-state index contributed by atoms with van der Waals surface area (Å²) in [6.07, 6.45) is 5.30. The number of halogens is 1. The van der Waals surface area contributed by atoms with E-state index in [1.54, 1.807) is 5.06 Å². The van der Waals surface area contributed by atoms with Crippen molar-refractivity contribution in [3.05, 3.63) is 33.4 Å². The number of aliphatic hydroxyl groups excluding tert-OH is 1. The monoisotopic (exact) mass is 727 g/mol. The average Bonchev–Trinajstić information content (AvgIpc) is 3.56. The number of nitrogens with zero attached hydrogens (tertiary/aromatic N) is 1. The highest BCUT2D eigenvalue weighted by molar-refractivity contribution is 14.1. The largest absolute Gasteiger partial charge is 0.458 e. The standard InChI is InChI=1S/C32H46IN3O8/c1-3-5-9-14-31(15-10-6-4-2)42-25-23-19-32(30(40)35-16-13-24(38)34-17-18-37)27(29(39)41-23)36(44-28(32)26(25)43-31)20-21-11-7-8-12-22(21)33/h7-8,11-12,23,25-28,37H,3-6,9-10,13-20H2,1-2H3,(H,34,38)(H,35,40). The highest BCUT2D eigenvalue weighted by Gasteiger charge is 2.76. The van der Waals surface area contributed by atoms with Crippen molar-refractivity contribution < 1.29 is 38.5 Å². The molecule has 3 saturated heterocycles. The molecule has 4 fully saturated rings. The van der Waals surface area contributed by atoms with Crippen LogP contribution < -0.4 is 10.6 Å². The van der Waals surface area contributed by atoms with E-state index in [1.165, 1.54) is 0 Å². The molecule has 3 aliphatic heterocycles. The van der Waals surface area contributed by atoms with Crippen LogP contribution in [0.25, 0.3) is 0 Å². The van der Waals surface area contributed by atoms with E-state index in [1.807, 2.05) is 24.3 Å². The molecule has 5 rings (SSSR count). The molecule has 12 heteroatoms. The Balaban J connectivity index is 1.46. The molecule has 1 aliphatic carbocycles. The van der Waals surface area contributed by atoms with Gasteiger partial charge in [-0.15, -0.1) is 0 Å². The third-order valence-electron chi connectivity index (χ3n) is 9.35. The van der Waals surface area contributed by atoms with E-state index in [9.17, 15) is 14.4 Å². The number of hydrogen-bond donors (Lipinski definition) is 3. The Hall–Kier alpha value is -1.84. The maximum absolute atomic E-state index is 14.3. The molecule has 6 unspecified atom stereocenters. The number of carbonyl (C=O) groups is 3. The molecule has 0 radical (unpaired) electrons. The number of fused-ring (bicyclic) bond motifs is 4. The Morgan fingerprint density at radius 2 is 1.73 bits per heavy atom. The van der Waals surface area contributed by atoms with E-state index >= 15 is 0 Å².